The van der Waals surface area contributed by atoms with Gasteiger partial charge in [-0.1, -0.05) is 48.5 Å². The Morgan fingerprint density at radius 2 is 1.70 bits per heavy atom. The van der Waals surface area contributed by atoms with E-state index in [4.69, 9.17) is 9.72 Å². The van der Waals surface area contributed by atoms with Crippen LogP contribution >= 0.6 is 0 Å². The lowest BCUT2D eigenvalue weighted by Crippen LogP contribution is -2.26. The molecule has 0 spiro atoms. The van der Waals surface area contributed by atoms with Crippen LogP contribution in [0.4, 0.5) is 23.1 Å². The van der Waals surface area contributed by atoms with Crippen molar-refractivity contribution in [2.75, 3.05) is 10.2 Å². The summed E-state index contributed by atoms with van der Waals surface area (Å²) in [6.45, 7) is 2.17. The third-order valence-electron chi connectivity index (χ3n) is 5.09. The molecule has 1 N–H and O–H groups in total. The van der Waals surface area contributed by atoms with E-state index >= 15 is 0 Å². The molecule has 0 saturated carbocycles. The third-order valence-corrected chi connectivity index (χ3v) is 5.09. The Morgan fingerprint density at radius 1 is 0.933 bits per heavy atom. The zero-order chi connectivity index (χ0) is 20.3. The Balaban J connectivity index is 1.43. The fraction of sp³-hybridized carbons (Fsp3) is 0.125. The van der Waals surface area contributed by atoms with Crippen LogP contribution in [-0.2, 0) is 6.42 Å². The molecule has 0 fully saturated rings. The number of para-hydroxylation sites is 4. The summed E-state index contributed by atoms with van der Waals surface area (Å²) in [6.07, 6.45) is 2.58. The van der Waals surface area contributed by atoms with E-state index in [2.05, 4.69) is 45.5 Å². The average molecular weight is 395 g/mol. The molecule has 3 aromatic carbocycles. The van der Waals surface area contributed by atoms with Gasteiger partial charge in [0.05, 0.1) is 11.9 Å². The van der Waals surface area contributed by atoms with Gasteiger partial charge in [0.2, 0.25) is 0 Å². The summed E-state index contributed by atoms with van der Waals surface area (Å²) in [4.78, 5) is 6.87. The molecule has 2 heterocycles. The summed E-state index contributed by atoms with van der Waals surface area (Å²) in [5.74, 6) is 2.68. The number of hydrogen-bond acceptors (Lipinski definition) is 6. The smallest absolute Gasteiger partial charge is 0.252 e. The molecular formula is C24H21N5O. The van der Waals surface area contributed by atoms with Crippen molar-refractivity contribution in [1.29, 1.82) is 0 Å². The van der Waals surface area contributed by atoms with Crippen molar-refractivity contribution in [3.63, 3.8) is 0 Å². The maximum Gasteiger partial charge on any atom is 0.252 e. The highest BCUT2D eigenvalue weighted by Gasteiger charge is 2.29. The van der Waals surface area contributed by atoms with Crippen molar-refractivity contribution < 1.29 is 4.74 Å². The molecule has 0 radical (unpaired) electrons. The summed E-state index contributed by atoms with van der Waals surface area (Å²) in [5, 5.41) is 11.8. The summed E-state index contributed by atoms with van der Waals surface area (Å²) in [6, 6.07) is 26.1. The van der Waals surface area contributed by atoms with E-state index in [0.29, 0.717) is 17.5 Å². The molecule has 1 atom stereocenters. The van der Waals surface area contributed by atoms with Crippen LogP contribution in [0, 0.1) is 0 Å². The summed E-state index contributed by atoms with van der Waals surface area (Å²) >= 11 is 0. The molecule has 0 bridgehead atoms. The van der Waals surface area contributed by atoms with Gasteiger partial charge < -0.3 is 15.0 Å². The first kappa shape index (κ1) is 18.1. The number of nitrogens with one attached hydrogen (secondary N) is 1. The first-order valence-corrected chi connectivity index (χ1v) is 9.94. The molecule has 4 aromatic rings. The molecule has 0 saturated heterocycles. The second-order valence-electron chi connectivity index (χ2n) is 7.23. The molecule has 1 aliphatic rings. The maximum absolute atomic E-state index is 6.04. The number of nitrogens with zero attached hydrogens (tertiary/aromatic N) is 4. The number of rotatable bonds is 5. The Bertz CT molecular complexity index is 1160. The molecule has 0 amide bonds. The van der Waals surface area contributed by atoms with Crippen LogP contribution in [-0.4, -0.2) is 21.2 Å². The number of aromatic nitrogens is 3. The van der Waals surface area contributed by atoms with E-state index in [1.54, 1.807) is 6.20 Å². The monoisotopic (exact) mass is 395 g/mol. The molecule has 1 aromatic heterocycles. The minimum atomic E-state index is 0.271. The zero-order valence-electron chi connectivity index (χ0n) is 16.6. The number of anilines is 4. The highest BCUT2D eigenvalue weighted by Crippen LogP contribution is 2.37. The quantitative estimate of drug-likeness (QED) is 0.482. The van der Waals surface area contributed by atoms with Crippen molar-refractivity contribution in [1.82, 2.24) is 15.2 Å². The molecule has 148 valence electrons. The van der Waals surface area contributed by atoms with Crippen molar-refractivity contribution in [2.45, 2.75) is 19.4 Å². The van der Waals surface area contributed by atoms with E-state index in [-0.39, 0.29) is 6.04 Å². The van der Waals surface area contributed by atoms with Crippen LogP contribution in [0.15, 0.2) is 85.1 Å². The lowest BCUT2D eigenvalue weighted by atomic mass is 10.1. The highest BCUT2D eigenvalue weighted by molar-refractivity contribution is 5.69. The molecule has 1 aliphatic heterocycles. The minimum Gasteiger partial charge on any atom is -0.455 e. The van der Waals surface area contributed by atoms with Gasteiger partial charge in [-0.05, 0) is 49.2 Å². The topological polar surface area (TPSA) is 63.2 Å². The van der Waals surface area contributed by atoms with E-state index < -0.39 is 0 Å². The van der Waals surface area contributed by atoms with E-state index in [9.17, 15) is 0 Å². The van der Waals surface area contributed by atoms with Crippen LogP contribution in [0.3, 0.4) is 0 Å². The number of hydrogen-bond donors (Lipinski definition) is 1. The number of ether oxygens (including phenoxy) is 1. The van der Waals surface area contributed by atoms with Gasteiger partial charge in [-0.25, -0.2) is 0 Å². The van der Waals surface area contributed by atoms with Crippen molar-refractivity contribution in [2.24, 2.45) is 0 Å². The lowest BCUT2D eigenvalue weighted by Gasteiger charge is -2.22. The fourth-order valence-corrected chi connectivity index (χ4v) is 3.74. The van der Waals surface area contributed by atoms with Crippen molar-refractivity contribution >= 4 is 23.1 Å². The Kier molecular flexibility index (Phi) is 4.73. The van der Waals surface area contributed by atoms with E-state index in [0.717, 1.165) is 23.5 Å². The largest absolute Gasteiger partial charge is 0.455 e. The first-order chi connectivity index (χ1) is 14.8. The summed E-state index contributed by atoms with van der Waals surface area (Å²) < 4.78 is 6.04. The van der Waals surface area contributed by atoms with Gasteiger partial charge in [0.25, 0.3) is 5.95 Å². The van der Waals surface area contributed by atoms with Gasteiger partial charge in [-0.3, -0.25) is 0 Å². The standard InChI is InChI=1S/C24H21N5O/c1-17-15-18-9-5-7-13-21(18)29(17)24-27-23(16-25-28-24)26-20-12-6-8-14-22(20)30-19-10-3-2-4-11-19/h2-14,16-17H,15H2,1H3,(H,26,27,28). The molecular weight excluding hydrogens is 374 g/mol. The van der Waals surface area contributed by atoms with Crippen LogP contribution in [0.1, 0.15) is 12.5 Å². The van der Waals surface area contributed by atoms with Crippen LogP contribution in [0.5, 0.6) is 11.5 Å². The predicted molar refractivity (Wildman–Crippen MR) is 118 cm³/mol. The molecule has 1 unspecified atom stereocenters. The van der Waals surface area contributed by atoms with Gasteiger partial charge in [-0.15, -0.1) is 5.10 Å². The summed E-state index contributed by atoms with van der Waals surface area (Å²) in [7, 11) is 0. The second-order valence-corrected chi connectivity index (χ2v) is 7.23. The zero-order valence-corrected chi connectivity index (χ0v) is 16.6. The Hall–Kier alpha value is -3.93. The minimum absolute atomic E-state index is 0.271. The molecule has 0 aliphatic carbocycles. The van der Waals surface area contributed by atoms with Crippen molar-refractivity contribution in [3.8, 4) is 11.5 Å². The highest BCUT2D eigenvalue weighted by atomic mass is 16.5. The molecule has 6 heteroatoms. The molecule has 5 rings (SSSR count). The first-order valence-electron chi connectivity index (χ1n) is 9.94. The van der Waals surface area contributed by atoms with Gasteiger partial charge in [0.1, 0.15) is 5.75 Å². The lowest BCUT2D eigenvalue weighted by molar-refractivity contribution is 0.485. The van der Waals surface area contributed by atoms with Crippen LogP contribution < -0.4 is 15.0 Å². The molecule has 30 heavy (non-hydrogen) atoms. The summed E-state index contributed by atoms with van der Waals surface area (Å²) in [5.41, 5.74) is 3.24. The van der Waals surface area contributed by atoms with Gasteiger partial charge in [0.15, 0.2) is 11.6 Å². The van der Waals surface area contributed by atoms with Gasteiger partial charge in [0, 0.05) is 11.7 Å². The average Bonchev–Trinajstić information content (AvgIpc) is 3.12. The van der Waals surface area contributed by atoms with E-state index in [1.807, 2.05) is 60.7 Å². The SMILES string of the molecule is CC1Cc2ccccc2N1c1nncc(Nc2ccccc2Oc2ccccc2)n1. The fourth-order valence-electron chi connectivity index (χ4n) is 3.74. The number of fused-ring (bicyclic) bond motifs is 1. The van der Waals surface area contributed by atoms with E-state index in [1.165, 1.54) is 5.56 Å². The van der Waals surface area contributed by atoms with Crippen LogP contribution in [0.25, 0.3) is 0 Å². The Labute approximate surface area is 175 Å². The van der Waals surface area contributed by atoms with Crippen LogP contribution in [0.2, 0.25) is 0 Å². The normalized spacial score (nSPS) is 15.0. The van der Waals surface area contributed by atoms with Gasteiger partial charge >= 0.3 is 0 Å². The predicted octanol–water partition coefficient (Wildman–Crippen LogP) is 5.49. The molecule has 6 nitrogen and oxygen atoms in total. The van der Waals surface area contributed by atoms with Crippen molar-refractivity contribution in [3.05, 3.63) is 90.6 Å². The number of benzene rings is 3. The van der Waals surface area contributed by atoms with Gasteiger partial charge in [-0.2, -0.15) is 10.1 Å². The Morgan fingerprint density at radius 3 is 2.60 bits per heavy atom. The second kappa shape index (κ2) is 7.83. The maximum atomic E-state index is 6.04. The third kappa shape index (κ3) is 3.55.